The monoisotopic (exact) mass is 305 g/mol. The van der Waals surface area contributed by atoms with E-state index in [0.717, 1.165) is 10.7 Å². The van der Waals surface area contributed by atoms with Crippen molar-refractivity contribution in [3.63, 3.8) is 0 Å². The van der Waals surface area contributed by atoms with E-state index in [0.29, 0.717) is 5.69 Å². The molecule has 0 saturated heterocycles. The van der Waals surface area contributed by atoms with Crippen LogP contribution in [0.3, 0.4) is 0 Å². The summed E-state index contributed by atoms with van der Waals surface area (Å²) in [6, 6.07) is 0.0352. The lowest BCUT2D eigenvalue weighted by Gasteiger charge is -2.29. The van der Waals surface area contributed by atoms with Gasteiger partial charge in [0.15, 0.2) is 5.69 Å². The fraction of sp³-hybridized carbons (Fsp3) is 0.714. The van der Waals surface area contributed by atoms with E-state index in [1.54, 1.807) is 0 Å². The summed E-state index contributed by atoms with van der Waals surface area (Å²) in [5.74, 6) is -0.350. The van der Waals surface area contributed by atoms with Gasteiger partial charge in [0.1, 0.15) is 6.04 Å². The van der Waals surface area contributed by atoms with E-state index in [-0.39, 0.29) is 17.4 Å². The van der Waals surface area contributed by atoms with Crippen molar-refractivity contribution in [3.05, 3.63) is 17.5 Å². The Morgan fingerprint density at radius 2 is 1.81 bits per heavy atom. The third-order valence-corrected chi connectivity index (χ3v) is 3.62. The number of carbonyl (C=O) groups excluding carboxylic acids is 1. The molecule has 0 spiro atoms. The first kappa shape index (κ1) is 17.5. The van der Waals surface area contributed by atoms with E-state index in [1.807, 2.05) is 27.7 Å². The van der Waals surface area contributed by atoms with Crippen LogP contribution in [-0.4, -0.2) is 21.7 Å². The van der Waals surface area contributed by atoms with Crippen molar-refractivity contribution < 1.29 is 18.0 Å². The Labute approximate surface area is 122 Å². The number of carbonyl (C=O) groups is 1. The first-order valence-corrected chi connectivity index (χ1v) is 6.77. The summed E-state index contributed by atoms with van der Waals surface area (Å²) in [6.45, 7) is 10.8. The van der Waals surface area contributed by atoms with Crippen LogP contribution in [0.25, 0.3) is 0 Å². The zero-order chi connectivity index (χ0) is 16.6. The summed E-state index contributed by atoms with van der Waals surface area (Å²) < 4.78 is 39.0. The summed E-state index contributed by atoms with van der Waals surface area (Å²) in [4.78, 5) is 12.2. The third-order valence-electron chi connectivity index (χ3n) is 3.62. The summed E-state index contributed by atoms with van der Waals surface area (Å²) in [5.41, 5.74) is -0.817. The number of nitrogens with zero attached hydrogens (tertiary/aromatic N) is 2. The molecule has 1 aromatic heterocycles. The van der Waals surface area contributed by atoms with E-state index in [2.05, 4.69) is 10.4 Å². The molecule has 0 aliphatic rings. The standard InChI is InChI=1S/C14H22F3N3O/c1-8-7-11(14(15,16)17)19-20(8)9(2)12(21)18-10(3)13(4,5)6/h7,9-10H,1-6H3,(H,18,21). The minimum Gasteiger partial charge on any atom is -0.351 e. The number of halogens is 3. The Balaban J connectivity index is 2.91. The number of rotatable bonds is 3. The fourth-order valence-electron chi connectivity index (χ4n) is 1.68. The van der Waals surface area contributed by atoms with E-state index < -0.39 is 17.9 Å². The molecule has 0 bridgehead atoms. The summed E-state index contributed by atoms with van der Waals surface area (Å²) in [5, 5.41) is 6.31. The van der Waals surface area contributed by atoms with Crippen LogP contribution in [0.2, 0.25) is 0 Å². The van der Waals surface area contributed by atoms with Crippen molar-refractivity contribution in [2.45, 2.75) is 59.8 Å². The normalized spacial score (nSPS) is 15.7. The smallest absolute Gasteiger partial charge is 0.351 e. The third kappa shape index (κ3) is 4.22. The van der Waals surface area contributed by atoms with Crippen LogP contribution >= 0.6 is 0 Å². The van der Waals surface area contributed by atoms with E-state index in [1.165, 1.54) is 13.8 Å². The van der Waals surface area contributed by atoms with Crippen molar-refractivity contribution in [1.29, 1.82) is 0 Å². The fourth-order valence-corrected chi connectivity index (χ4v) is 1.68. The average Bonchev–Trinajstić information content (AvgIpc) is 2.68. The quantitative estimate of drug-likeness (QED) is 0.931. The van der Waals surface area contributed by atoms with Crippen LogP contribution < -0.4 is 5.32 Å². The first-order valence-electron chi connectivity index (χ1n) is 6.77. The SMILES string of the molecule is Cc1cc(C(F)(F)F)nn1C(C)C(=O)NC(C)C(C)(C)C. The molecule has 1 N–H and O–H groups in total. The minimum atomic E-state index is -4.51. The van der Waals surface area contributed by atoms with Crippen LogP contribution in [-0.2, 0) is 11.0 Å². The van der Waals surface area contributed by atoms with Crippen LogP contribution in [0, 0.1) is 12.3 Å². The first-order chi connectivity index (χ1) is 9.34. The van der Waals surface area contributed by atoms with E-state index in [4.69, 9.17) is 0 Å². The molecular weight excluding hydrogens is 283 g/mol. The van der Waals surface area contributed by atoms with Gasteiger partial charge in [0, 0.05) is 11.7 Å². The van der Waals surface area contributed by atoms with Crippen LogP contribution in [0.5, 0.6) is 0 Å². The molecule has 0 aromatic carbocycles. The van der Waals surface area contributed by atoms with Gasteiger partial charge in [-0.2, -0.15) is 18.3 Å². The molecule has 7 heteroatoms. The second-order valence-electron chi connectivity index (χ2n) is 6.39. The van der Waals surface area contributed by atoms with Crippen molar-refractivity contribution in [2.24, 2.45) is 5.41 Å². The Hall–Kier alpha value is -1.53. The van der Waals surface area contributed by atoms with Crippen LogP contribution in [0.15, 0.2) is 6.07 Å². The Kier molecular flexibility index (Phi) is 4.75. The molecule has 0 radical (unpaired) electrons. The zero-order valence-corrected chi connectivity index (χ0v) is 13.2. The summed E-state index contributed by atoms with van der Waals surface area (Å²) in [7, 11) is 0. The maximum Gasteiger partial charge on any atom is 0.435 e. The number of hydrogen-bond donors (Lipinski definition) is 1. The van der Waals surface area contributed by atoms with Crippen LogP contribution in [0.1, 0.15) is 52.0 Å². The van der Waals surface area contributed by atoms with Gasteiger partial charge in [0.25, 0.3) is 0 Å². The van der Waals surface area contributed by atoms with Crippen LogP contribution in [0.4, 0.5) is 13.2 Å². The number of aromatic nitrogens is 2. The largest absolute Gasteiger partial charge is 0.435 e. The lowest BCUT2D eigenvalue weighted by molar-refractivity contribution is -0.142. The van der Waals surface area contributed by atoms with Gasteiger partial charge in [0.2, 0.25) is 5.91 Å². The molecule has 120 valence electrons. The van der Waals surface area contributed by atoms with Gasteiger partial charge in [-0.05, 0) is 32.3 Å². The Morgan fingerprint density at radius 1 is 1.29 bits per heavy atom. The molecule has 2 unspecified atom stereocenters. The topological polar surface area (TPSA) is 46.9 Å². The minimum absolute atomic E-state index is 0.106. The number of nitrogens with one attached hydrogen (secondary N) is 1. The number of amides is 1. The Bertz CT molecular complexity index is 515. The predicted octanol–water partition coefficient (Wildman–Crippen LogP) is 3.32. The molecule has 1 amide bonds. The molecule has 0 aliphatic carbocycles. The molecule has 21 heavy (non-hydrogen) atoms. The van der Waals surface area contributed by atoms with Crippen molar-refractivity contribution in [1.82, 2.24) is 15.1 Å². The summed E-state index contributed by atoms with van der Waals surface area (Å²) in [6.07, 6.45) is -4.51. The second-order valence-corrected chi connectivity index (χ2v) is 6.39. The highest BCUT2D eigenvalue weighted by atomic mass is 19.4. The molecular formula is C14H22F3N3O. The second kappa shape index (κ2) is 5.69. The molecule has 0 fully saturated rings. The predicted molar refractivity (Wildman–Crippen MR) is 73.7 cm³/mol. The van der Waals surface area contributed by atoms with E-state index >= 15 is 0 Å². The highest BCUT2D eigenvalue weighted by Crippen LogP contribution is 2.29. The van der Waals surface area contributed by atoms with Gasteiger partial charge < -0.3 is 5.32 Å². The maximum atomic E-state index is 12.6. The maximum absolute atomic E-state index is 12.6. The summed E-state index contributed by atoms with van der Waals surface area (Å²) >= 11 is 0. The highest BCUT2D eigenvalue weighted by molar-refractivity contribution is 5.80. The molecule has 1 rings (SSSR count). The van der Waals surface area contributed by atoms with Gasteiger partial charge >= 0.3 is 6.18 Å². The van der Waals surface area contributed by atoms with Crippen molar-refractivity contribution in [3.8, 4) is 0 Å². The average molecular weight is 305 g/mol. The number of aryl methyl sites for hydroxylation is 1. The number of alkyl halides is 3. The van der Waals surface area contributed by atoms with Crippen molar-refractivity contribution >= 4 is 5.91 Å². The van der Waals surface area contributed by atoms with Gasteiger partial charge in [-0.1, -0.05) is 20.8 Å². The zero-order valence-electron chi connectivity index (χ0n) is 13.2. The highest BCUT2D eigenvalue weighted by Gasteiger charge is 2.35. The lowest BCUT2D eigenvalue weighted by atomic mass is 9.88. The number of hydrogen-bond acceptors (Lipinski definition) is 2. The lowest BCUT2D eigenvalue weighted by Crippen LogP contribution is -2.44. The van der Waals surface area contributed by atoms with Gasteiger partial charge in [-0.3, -0.25) is 9.48 Å². The Morgan fingerprint density at radius 3 is 2.19 bits per heavy atom. The van der Waals surface area contributed by atoms with Gasteiger partial charge in [0.05, 0.1) is 0 Å². The molecule has 4 nitrogen and oxygen atoms in total. The van der Waals surface area contributed by atoms with Gasteiger partial charge in [-0.15, -0.1) is 0 Å². The molecule has 2 atom stereocenters. The molecule has 1 heterocycles. The van der Waals surface area contributed by atoms with Crippen molar-refractivity contribution in [2.75, 3.05) is 0 Å². The van der Waals surface area contributed by atoms with Gasteiger partial charge in [-0.25, -0.2) is 0 Å². The molecule has 0 aliphatic heterocycles. The molecule has 0 saturated carbocycles. The molecule has 1 aromatic rings. The van der Waals surface area contributed by atoms with E-state index in [9.17, 15) is 18.0 Å².